The van der Waals surface area contributed by atoms with Gasteiger partial charge in [0.25, 0.3) is 0 Å². The smallest absolute Gasteiger partial charge is 0.163 e. The second-order valence-electron chi connectivity index (χ2n) is 3.60. The van der Waals surface area contributed by atoms with E-state index < -0.39 is 0 Å². The molecule has 0 saturated carbocycles. The molecule has 1 heterocycles. The second-order valence-corrected chi connectivity index (χ2v) is 3.60. The minimum Gasteiger partial charge on any atom is -0.381 e. The molecule has 1 aromatic carbocycles. The zero-order valence-corrected chi connectivity index (χ0v) is 9.01. The summed E-state index contributed by atoms with van der Waals surface area (Å²) in [5.41, 5.74) is 8.12. The fraction of sp³-hybridized carbons (Fsp3) is 0.167. The van der Waals surface area contributed by atoms with E-state index in [0.29, 0.717) is 17.8 Å². The van der Waals surface area contributed by atoms with Crippen LogP contribution in [0.25, 0.3) is 0 Å². The Hall–Kier alpha value is -2.28. The van der Waals surface area contributed by atoms with E-state index in [4.69, 9.17) is 11.0 Å². The number of benzene rings is 1. The van der Waals surface area contributed by atoms with Gasteiger partial charge in [-0.3, -0.25) is 4.68 Å². The number of aryl methyl sites for hydroxylation is 1. The molecule has 0 saturated heterocycles. The molecule has 16 heavy (non-hydrogen) atoms. The van der Waals surface area contributed by atoms with E-state index in [0.717, 1.165) is 11.3 Å². The molecule has 0 aliphatic carbocycles. The Bertz CT molecular complexity index is 534. The van der Waals surface area contributed by atoms with Gasteiger partial charge < -0.3 is 5.73 Å². The number of nitrogen functional groups attached to an aromatic ring is 1. The number of anilines is 1. The molecule has 0 aliphatic rings. The van der Waals surface area contributed by atoms with E-state index in [9.17, 15) is 0 Å². The molecule has 2 aromatic rings. The van der Waals surface area contributed by atoms with Gasteiger partial charge in [0.1, 0.15) is 11.6 Å². The highest BCUT2D eigenvalue weighted by atomic mass is 15.3. The first-order chi connectivity index (χ1) is 7.72. The summed E-state index contributed by atoms with van der Waals surface area (Å²) in [6.07, 6.45) is 0.671. The van der Waals surface area contributed by atoms with Crippen LogP contribution < -0.4 is 5.73 Å². The van der Waals surface area contributed by atoms with Crippen molar-refractivity contribution in [2.24, 2.45) is 7.05 Å². The Kier molecular flexibility index (Phi) is 2.61. The van der Waals surface area contributed by atoms with Crippen molar-refractivity contribution in [3.63, 3.8) is 0 Å². The summed E-state index contributed by atoms with van der Waals surface area (Å²) in [5, 5.41) is 13.1. The number of hydrogen-bond donors (Lipinski definition) is 1. The summed E-state index contributed by atoms with van der Waals surface area (Å²) in [4.78, 5) is 0. The van der Waals surface area contributed by atoms with Crippen molar-refractivity contribution in [2.75, 3.05) is 5.73 Å². The number of rotatable bonds is 2. The van der Waals surface area contributed by atoms with Crippen molar-refractivity contribution in [3.05, 3.63) is 47.2 Å². The maximum atomic E-state index is 9.01. The molecule has 2 N–H and O–H groups in total. The first kappa shape index (κ1) is 10.2. The zero-order valence-electron chi connectivity index (χ0n) is 9.01. The van der Waals surface area contributed by atoms with E-state index >= 15 is 0 Å². The molecule has 0 atom stereocenters. The summed E-state index contributed by atoms with van der Waals surface area (Å²) < 4.78 is 1.67. The number of hydrogen-bond acceptors (Lipinski definition) is 3. The van der Waals surface area contributed by atoms with Gasteiger partial charge in [0, 0.05) is 13.5 Å². The normalized spacial score (nSPS) is 10.0. The Morgan fingerprint density at radius 1 is 1.38 bits per heavy atom. The standard InChI is InChI=1S/C12H12N4/c1-16-11(10(8-13)12(14)15-16)7-9-5-3-2-4-6-9/h2-6H,7H2,1H3,(H2,14,15). The van der Waals surface area contributed by atoms with E-state index in [1.807, 2.05) is 30.3 Å². The third-order valence-electron chi connectivity index (χ3n) is 2.52. The van der Waals surface area contributed by atoms with Gasteiger partial charge in [-0.2, -0.15) is 10.4 Å². The van der Waals surface area contributed by atoms with Crippen LogP contribution in [0.2, 0.25) is 0 Å². The molecule has 0 aliphatic heterocycles. The van der Waals surface area contributed by atoms with Crippen LogP contribution in [0.4, 0.5) is 5.82 Å². The van der Waals surface area contributed by atoms with Gasteiger partial charge in [0.2, 0.25) is 0 Å². The van der Waals surface area contributed by atoms with E-state index in [1.54, 1.807) is 11.7 Å². The minimum absolute atomic E-state index is 0.302. The third-order valence-corrected chi connectivity index (χ3v) is 2.52. The summed E-state index contributed by atoms with van der Waals surface area (Å²) in [5.74, 6) is 0.302. The van der Waals surface area contributed by atoms with Gasteiger partial charge in [-0.1, -0.05) is 30.3 Å². The highest BCUT2D eigenvalue weighted by molar-refractivity contribution is 5.52. The average molecular weight is 212 g/mol. The molecule has 0 amide bonds. The molecule has 4 heteroatoms. The van der Waals surface area contributed by atoms with Crippen LogP contribution in [0, 0.1) is 11.3 Å². The molecule has 1 aromatic heterocycles. The van der Waals surface area contributed by atoms with Crippen molar-refractivity contribution in [2.45, 2.75) is 6.42 Å². The average Bonchev–Trinajstić information content (AvgIpc) is 2.55. The van der Waals surface area contributed by atoms with Crippen LogP contribution in [0.5, 0.6) is 0 Å². The lowest BCUT2D eigenvalue weighted by molar-refractivity contribution is 0.727. The fourth-order valence-corrected chi connectivity index (χ4v) is 1.70. The molecule has 80 valence electrons. The number of nitriles is 1. The monoisotopic (exact) mass is 212 g/mol. The van der Waals surface area contributed by atoms with Crippen molar-refractivity contribution in [3.8, 4) is 6.07 Å². The maximum Gasteiger partial charge on any atom is 0.163 e. The van der Waals surface area contributed by atoms with Crippen LogP contribution in [-0.2, 0) is 13.5 Å². The van der Waals surface area contributed by atoms with Crippen LogP contribution in [-0.4, -0.2) is 9.78 Å². The van der Waals surface area contributed by atoms with Gasteiger partial charge >= 0.3 is 0 Å². The highest BCUT2D eigenvalue weighted by Gasteiger charge is 2.13. The zero-order chi connectivity index (χ0) is 11.5. The molecular formula is C12H12N4. The van der Waals surface area contributed by atoms with Crippen molar-refractivity contribution < 1.29 is 0 Å². The summed E-state index contributed by atoms with van der Waals surface area (Å²) in [6.45, 7) is 0. The lowest BCUT2D eigenvalue weighted by Gasteiger charge is -2.02. The van der Waals surface area contributed by atoms with Crippen LogP contribution in [0.1, 0.15) is 16.8 Å². The van der Waals surface area contributed by atoms with Crippen molar-refractivity contribution in [1.82, 2.24) is 9.78 Å². The minimum atomic E-state index is 0.302. The van der Waals surface area contributed by atoms with E-state index in [1.165, 1.54) is 0 Å². The van der Waals surface area contributed by atoms with Gasteiger partial charge in [0.15, 0.2) is 5.82 Å². The van der Waals surface area contributed by atoms with Crippen LogP contribution in [0.3, 0.4) is 0 Å². The topological polar surface area (TPSA) is 67.6 Å². The van der Waals surface area contributed by atoms with Crippen LogP contribution in [0.15, 0.2) is 30.3 Å². The Morgan fingerprint density at radius 3 is 2.69 bits per heavy atom. The van der Waals surface area contributed by atoms with Gasteiger partial charge in [-0.05, 0) is 5.56 Å². The number of nitrogens with two attached hydrogens (primary N) is 1. The van der Waals surface area contributed by atoms with Gasteiger partial charge in [0.05, 0.1) is 5.69 Å². The van der Waals surface area contributed by atoms with E-state index in [-0.39, 0.29) is 0 Å². The summed E-state index contributed by atoms with van der Waals surface area (Å²) >= 11 is 0. The first-order valence-corrected chi connectivity index (χ1v) is 4.97. The summed E-state index contributed by atoms with van der Waals surface area (Å²) in [6, 6.07) is 12.0. The van der Waals surface area contributed by atoms with E-state index in [2.05, 4.69) is 11.2 Å². The van der Waals surface area contributed by atoms with Crippen molar-refractivity contribution >= 4 is 5.82 Å². The molecule has 0 radical (unpaired) electrons. The van der Waals surface area contributed by atoms with Gasteiger partial charge in [-0.15, -0.1) is 0 Å². The largest absolute Gasteiger partial charge is 0.381 e. The number of nitrogens with zero attached hydrogens (tertiary/aromatic N) is 3. The number of aromatic nitrogens is 2. The quantitative estimate of drug-likeness (QED) is 0.819. The lowest BCUT2D eigenvalue weighted by Crippen LogP contribution is -2.00. The molecule has 0 spiro atoms. The molecule has 2 rings (SSSR count). The fourth-order valence-electron chi connectivity index (χ4n) is 1.70. The lowest BCUT2D eigenvalue weighted by atomic mass is 10.1. The molecular weight excluding hydrogens is 200 g/mol. The first-order valence-electron chi connectivity index (χ1n) is 4.97. The Balaban J connectivity index is 2.39. The predicted molar refractivity (Wildman–Crippen MR) is 61.6 cm³/mol. The van der Waals surface area contributed by atoms with Crippen LogP contribution >= 0.6 is 0 Å². The third kappa shape index (κ3) is 1.75. The second kappa shape index (κ2) is 4.07. The molecule has 0 bridgehead atoms. The SMILES string of the molecule is Cn1nc(N)c(C#N)c1Cc1ccccc1. The Morgan fingerprint density at radius 2 is 2.06 bits per heavy atom. The maximum absolute atomic E-state index is 9.01. The van der Waals surface area contributed by atoms with Crippen molar-refractivity contribution in [1.29, 1.82) is 5.26 Å². The summed E-state index contributed by atoms with van der Waals surface area (Å²) in [7, 11) is 1.80. The Labute approximate surface area is 93.9 Å². The molecule has 0 unspecified atom stereocenters. The highest BCUT2D eigenvalue weighted by Crippen LogP contribution is 2.17. The molecule has 0 fully saturated rings. The van der Waals surface area contributed by atoms with Gasteiger partial charge in [-0.25, -0.2) is 0 Å². The molecule has 4 nitrogen and oxygen atoms in total. The predicted octanol–water partition coefficient (Wildman–Crippen LogP) is 1.46.